The van der Waals surface area contributed by atoms with E-state index in [0.717, 1.165) is 6.07 Å². The van der Waals surface area contributed by atoms with Crippen molar-refractivity contribution < 1.29 is 18.6 Å². The van der Waals surface area contributed by atoms with E-state index in [9.17, 15) is 14.9 Å². The number of nitrogens with two attached hydrogens (primary N) is 1. The molecule has 0 aromatic carbocycles. The minimum Gasteiger partial charge on any atom is -0.464 e. The fourth-order valence-corrected chi connectivity index (χ4v) is 1.42. The van der Waals surface area contributed by atoms with Crippen LogP contribution in [0.4, 0.5) is 5.88 Å². The average Bonchev–Trinajstić information content (AvgIpc) is 2.96. The third-order valence-electron chi connectivity index (χ3n) is 2.26. The molecule has 0 fully saturated rings. The van der Waals surface area contributed by atoms with Gasteiger partial charge in [-0.2, -0.15) is 0 Å². The summed E-state index contributed by atoms with van der Waals surface area (Å²) in [6.07, 6.45) is 1.39. The third kappa shape index (κ3) is 1.88. The molecular weight excluding hydrogens is 240 g/mol. The average molecular weight is 248 g/mol. The Kier molecular flexibility index (Phi) is 2.72. The number of furan rings is 2. The number of amides is 1. The summed E-state index contributed by atoms with van der Waals surface area (Å²) in [5.41, 5.74) is 5.18. The number of rotatable bonds is 4. The standard InChI is InChI=1S/C11H8N2O5/c1-6(11(12)14)10-7(8-3-2-4-17-8)5-9(18-10)13(15)16/h2-5H,1H2,(H2,12,14). The Labute approximate surface area is 101 Å². The molecule has 0 unspecified atom stereocenters. The minimum atomic E-state index is -0.827. The van der Waals surface area contributed by atoms with Crippen LogP contribution in [0, 0.1) is 10.1 Å². The van der Waals surface area contributed by atoms with Gasteiger partial charge < -0.3 is 14.6 Å². The van der Waals surface area contributed by atoms with Crippen LogP contribution in [0.3, 0.4) is 0 Å². The predicted octanol–water partition coefficient (Wildman–Crippen LogP) is 1.95. The fraction of sp³-hybridized carbons (Fsp3) is 0. The van der Waals surface area contributed by atoms with Crippen LogP contribution < -0.4 is 5.73 Å². The number of hydrogen-bond donors (Lipinski definition) is 1. The molecule has 0 saturated carbocycles. The molecule has 0 spiro atoms. The summed E-state index contributed by atoms with van der Waals surface area (Å²) in [6, 6.07) is 4.33. The van der Waals surface area contributed by atoms with E-state index < -0.39 is 16.7 Å². The van der Waals surface area contributed by atoms with Crippen molar-refractivity contribution in [2.45, 2.75) is 0 Å². The van der Waals surface area contributed by atoms with E-state index in [1.54, 1.807) is 12.1 Å². The van der Waals surface area contributed by atoms with Crippen molar-refractivity contribution in [1.29, 1.82) is 0 Å². The molecule has 0 aliphatic carbocycles. The number of carbonyl (C=O) groups excluding carboxylic acids is 1. The molecule has 0 atom stereocenters. The Morgan fingerprint density at radius 1 is 1.50 bits per heavy atom. The number of carbonyl (C=O) groups is 1. The normalized spacial score (nSPS) is 10.2. The van der Waals surface area contributed by atoms with Crippen LogP contribution in [-0.4, -0.2) is 10.8 Å². The molecule has 1 amide bonds. The van der Waals surface area contributed by atoms with Gasteiger partial charge in [0.05, 0.1) is 23.5 Å². The first-order valence-corrected chi connectivity index (χ1v) is 4.82. The van der Waals surface area contributed by atoms with Gasteiger partial charge in [0.15, 0.2) is 5.76 Å². The van der Waals surface area contributed by atoms with E-state index in [-0.39, 0.29) is 16.9 Å². The molecule has 0 saturated heterocycles. The molecule has 2 rings (SSSR count). The number of hydrogen-bond acceptors (Lipinski definition) is 5. The van der Waals surface area contributed by atoms with Crippen LogP contribution >= 0.6 is 0 Å². The Morgan fingerprint density at radius 2 is 2.22 bits per heavy atom. The monoisotopic (exact) mass is 248 g/mol. The van der Waals surface area contributed by atoms with E-state index in [0.29, 0.717) is 5.76 Å². The molecule has 2 aromatic heterocycles. The fourth-order valence-electron chi connectivity index (χ4n) is 1.42. The Balaban J connectivity index is 2.60. The molecular formula is C11H8N2O5. The highest BCUT2D eigenvalue weighted by molar-refractivity contribution is 6.18. The smallest absolute Gasteiger partial charge is 0.434 e. The largest absolute Gasteiger partial charge is 0.464 e. The summed E-state index contributed by atoms with van der Waals surface area (Å²) in [5, 5.41) is 10.7. The van der Waals surface area contributed by atoms with Crippen molar-refractivity contribution >= 4 is 17.4 Å². The Bertz CT molecular complexity index is 624. The summed E-state index contributed by atoms with van der Waals surface area (Å²) in [4.78, 5) is 21.0. The number of nitro groups is 1. The molecule has 2 N–H and O–H groups in total. The first-order valence-electron chi connectivity index (χ1n) is 4.82. The summed E-state index contributed by atoms with van der Waals surface area (Å²) >= 11 is 0. The highest BCUT2D eigenvalue weighted by Crippen LogP contribution is 2.34. The first-order chi connectivity index (χ1) is 8.50. The van der Waals surface area contributed by atoms with Crippen molar-refractivity contribution in [1.82, 2.24) is 0 Å². The lowest BCUT2D eigenvalue weighted by Gasteiger charge is -1.98. The van der Waals surface area contributed by atoms with Crippen molar-refractivity contribution in [2.24, 2.45) is 5.73 Å². The van der Waals surface area contributed by atoms with Crippen molar-refractivity contribution in [3.05, 3.63) is 46.9 Å². The number of nitrogens with zero attached hydrogens (tertiary/aromatic N) is 1. The minimum absolute atomic E-state index is 0.0656. The van der Waals surface area contributed by atoms with Gasteiger partial charge in [-0.05, 0) is 12.1 Å². The summed E-state index contributed by atoms with van der Waals surface area (Å²) in [6.45, 7) is 3.44. The predicted molar refractivity (Wildman–Crippen MR) is 61.3 cm³/mol. The van der Waals surface area contributed by atoms with E-state index in [1.165, 1.54) is 6.26 Å². The first kappa shape index (κ1) is 11.6. The van der Waals surface area contributed by atoms with Crippen LogP contribution in [-0.2, 0) is 4.79 Å². The van der Waals surface area contributed by atoms with Crippen molar-refractivity contribution in [2.75, 3.05) is 0 Å². The van der Waals surface area contributed by atoms with Crippen LogP contribution in [0.5, 0.6) is 0 Å². The van der Waals surface area contributed by atoms with E-state index in [1.807, 2.05) is 0 Å². The van der Waals surface area contributed by atoms with Crippen LogP contribution in [0.25, 0.3) is 16.9 Å². The van der Waals surface area contributed by atoms with Crippen molar-refractivity contribution in [3.63, 3.8) is 0 Å². The van der Waals surface area contributed by atoms with Gasteiger partial charge in [0.1, 0.15) is 10.7 Å². The lowest BCUT2D eigenvalue weighted by Crippen LogP contribution is -2.11. The zero-order valence-corrected chi connectivity index (χ0v) is 9.08. The van der Waals surface area contributed by atoms with Crippen LogP contribution in [0.15, 0.2) is 39.9 Å². The van der Waals surface area contributed by atoms with Gasteiger partial charge in [-0.15, -0.1) is 0 Å². The lowest BCUT2D eigenvalue weighted by molar-refractivity contribution is -0.402. The maximum absolute atomic E-state index is 11.1. The van der Waals surface area contributed by atoms with Gasteiger partial charge in [-0.3, -0.25) is 14.9 Å². The van der Waals surface area contributed by atoms with E-state index in [4.69, 9.17) is 14.6 Å². The SMILES string of the molecule is C=C(C(N)=O)c1oc([N+](=O)[O-])cc1-c1ccco1. The summed E-state index contributed by atoms with van der Waals surface area (Å²) < 4.78 is 10.1. The topological polar surface area (TPSA) is 113 Å². The molecule has 18 heavy (non-hydrogen) atoms. The molecule has 0 radical (unpaired) electrons. The van der Waals surface area contributed by atoms with Gasteiger partial charge in [0.25, 0.3) is 5.91 Å². The molecule has 2 heterocycles. The second kappa shape index (κ2) is 4.21. The third-order valence-corrected chi connectivity index (χ3v) is 2.26. The summed E-state index contributed by atoms with van der Waals surface area (Å²) in [5.74, 6) is -1.08. The molecule has 7 nitrogen and oxygen atoms in total. The lowest BCUT2D eigenvalue weighted by atomic mass is 10.1. The molecule has 0 bridgehead atoms. The second-order valence-corrected chi connectivity index (χ2v) is 3.40. The van der Waals surface area contributed by atoms with E-state index >= 15 is 0 Å². The second-order valence-electron chi connectivity index (χ2n) is 3.40. The molecule has 92 valence electrons. The molecule has 2 aromatic rings. The maximum Gasteiger partial charge on any atom is 0.434 e. The van der Waals surface area contributed by atoms with Crippen LogP contribution in [0.2, 0.25) is 0 Å². The summed E-state index contributed by atoms with van der Waals surface area (Å²) in [7, 11) is 0. The molecule has 0 aliphatic rings. The molecule has 0 aliphatic heterocycles. The van der Waals surface area contributed by atoms with Crippen LogP contribution in [0.1, 0.15) is 5.76 Å². The number of primary amides is 1. The Morgan fingerprint density at radius 3 is 2.72 bits per heavy atom. The highest BCUT2D eigenvalue weighted by Gasteiger charge is 2.25. The van der Waals surface area contributed by atoms with Gasteiger partial charge >= 0.3 is 5.88 Å². The zero-order valence-electron chi connectivity index (χ0n) is 9.08. The zero-order chi connectivity index (χ0) is 13.3. The maximum atomic E-state index is 11.1. The van der Waals surface area contributed by atoms with Gasteiger partial charge in [-0.25, -0.2) is 0 Å². The quantitative estimate of drug-likeness (QED) is 0.504. The van der Waals surface area contributed by atoms with Crippen molar-refractivity contribution in [3.8, 4) is 11.3 Å². The highest BCUT2D eigenvalue weighted by atomic mass is 16.6. The molecule has 7 heteroatoms. The van der Waals surface area contributed by atoms with Gasteiger partial charge in [0, 0.05) is 0 Å². The van der Waals surface area contributed by atoms with E-state index in [2.05, 4.69) is 6.58 Å². The Hall–Kier alpha value is -2.83. The van der Waals surface area contributed by atoms with Gasteiger partial charge in [-0.1, -0.05) is 6.58 Å². The van der Waals surface area contributed by atoms with Gasteiger partial charge in [0.2, 0.25) is 0 Å².